The molecule has 6 nitrogen and oxygen atoms in total. The lowest BCUT2D eigenvalue weighted by Gasteiger charge is -2.31. The van der Waals surface area contributed by atoms with E-state index in [0.717, 1.165) is 5.56 Å². The van der Waals surface area contributed by atoms with E-state index in [0.29, 0.717) is 32.0 Å². The van der Waals surface area contributed by atoms with Crippen molar-refractivity contribution in [2.45, 2.75) is 32.1 Å². The summed E-state index contributed by atoms with van der Waals surface area (Å²) in [6, 6.07) is 11.5. The van der Waals surface area contributed by atoms with Crippen molar-refractivity contribution in [3.8, 4) is 0 Å². The molecular formula is C17H20N2O4. The summed E-state index contributed by atoms with van der Waals surface area (Å²) in [6.45, 7) is 3.32. The van der Waals surface area contributed by atoms with Gasteiger partial charge in [-0.1, -0.05) is 35.5 Å². The topological polar surface area (TPSA) is 73.6 Å². The van der Waals surface area contributed by atoms with Crippen LogP contribution in [0.5, 0.6) is 0 Å². The van der Waals surface area contributed by atoms with Gasteiger partial charge in [-0.25, -0.2) is 0 Å². The van der Waals surface area contributed by atoms with Gasteiger partial charge in [0, 0.05) is 12.7 Å². The number of ether oxygens (including phenoxy) is 2. The summed E-state index contributed by atoms with van der Waals surface area (Å²) < 4.78 is 16.4. The van der Waals surface area contributed by atoms with Crippen LogP contribution in [0.25, 0.3) is 0 Å². The molecular weight excluding hydrogens is 296 g/mol. The average Bonchev–Trinajstić information content (AvgIpc) is 3.02. The molecule has 2 atom stereocenters. The Kier molecular flexibility index (Phi) is 5.05. The van der Waals surface area contributed by atoms with Crippen LogP contribution in [0.4, 0.5) is 0 Å². The van der Waals surface area contributed by atoms with Gasteiger partial charge in [0.05, 0.1) is 19.3 Å². The van der Waals surface area contributed by atoms with Crippen LogP contribution in [0.2, 0.25) is 0 Å². The Balaban J connectivity index is 1.58. The van der Waals surface area contributed by atoms with E-state index in [1.165, 1.54) is 0 Å². The predicted molar refractivity (Wildman–Crippen MR) is 82.9 cm³/mol. The van der Waals surface area contributed by atoms with E-state index in [-0.39, 0.29) is 23.7 Å². The molecule has 0 saturated carbocycles. The molecule has 23 heavy (non-hydrogen) atoms. The van der Waals surface area contributed by atoms with Gasteiger partial charge in [-0.05, 0) is 18.9 Å². The largest absolute Gasteiger partial charge is 0.379 e. The van der Waals surface area contributed by atoms with Crippen molar-refractivity contribution in [1.29, 1.82) is 0 Å². The normalized spacial score (nSPS) is 21.1. The number of carbonyl (C=O) groups is 1. The molecule has 2 heterocycles. The van der Waals surface area contributed by atoms with Gasteiger partial charge in [-0.3, -0.25) is 4.79 Å². The third-order valence-corrected chi connectivity index (χ3v) is 3.79. The second kappa shape index (κ2) is 7.39. The number of carbonyl (C=O) groups excluding carboxylic acids is 1. The highest BCUT2D eigenvalue weighted by Gasteiger charge is 2.29. The molecule has 1 aromatic carbocycles. The van der Waals surface area contributed by atoms with Gasteiger partial charge in [-0.15, -0.1) is 0 Å². The molecule has 1 aliphatic rings. The summed E-state index contributed by atoms with van der Waals surface area (Å²) in [7, 11) is 0. The standard InChI is InChI=1S/C17H20N2O4/c1-12-9-15(19-23-12)17(20)18-14-7-8-21-11-16(14)22-10-13-5-3-2-4-6-13/h2-6,9,14,16H,7-8,10-11H2,1H3,(H,18,20). The SMILES string of the molecule is Cc1cc(C(=O)NC2CCOCC2OCc2ccccc2)no1. The summed E-state index contributed by atoms with van der Waals surface area (Å²) in [5.74, 6) is 0.362. The van der Waals surface area contributed by atoms with E-state index in [9.17, 15) is 4.79 Å². The monoisotopic (exact) mass is 316 g/mol. The first-order chi connectivity index (χ1) is 11.2. The zero-order valence-electron chi connectivity index (χ0n) is 13.0. The Hall–Kier alpha value is -2.18. The molecule has 1 fully saturated rings. The second-order valence-electron chi connectivity index (χ2n) is 5.60. The lowest BCUT2D eigenvalue weighted by Crippen LogP contribution is -2.50. The minimum absolute atomic E-state index is 0.100. The maximum Gasteiger partial charge on any atom is 0.273 e. The molecule has 1 amide bonds. The molecule has 2 aromatic rings. The fourth-order valence-corrected chi connectivity index (χ4v) is 2.53. The molecule has 6 heteroatoms. The van der Waals surface area contributed by atoms with Gasteiger partial charge in [0.25, 0.3) is 5.91 Å². The predicted octanol–water partition coefficient (Wildman–Crippen LogP) is 2.09. The van der Waals surface area contributed by atoms with Gasteiger partial charge >= 0.3 is 0 Å². The Morgan fingerprint density at radius 3 is 2.96 bits per heavy atom. The minimum Gasteiger partial charge on any atom is -0.379 e. The number of nitrogens with one attached hydrogen (secondary N) is 1. The van der Waals surface area contributed by atoms with Crippen molar-refractivity contribution in [2.24, 2.45) is 0 Å². The highest BCUT2D eigenvalue weighted by molar-refractivity contribution is 5.92. The molecule has 1 saturated heterocycles. The number of amides is 1. The van der Waals surface area contributed by atoms with Crippen LogP contribution in [0.15, 0.2) is 40.9 Å². The molecule has 1 aromatic heterocycles. The van der Waals surface area contributed by atoms with Gasteiger partial charge in [0.2, 0.25) is 0 Å². The highest BCUT2D eigenvalue weighted by Crippen LogP contribution is 2.15. The lowest BCUT2D eigenvalue weighted by atomic mass is 10.1. The van der Waals surface area contributed by atoms with Crippen molar-refractivity contribution in [3.63, 3.8) is 0 Å². The van der Waals surface area contributed by atoms with E-state index >= 15 is 0 Å². The molecule has 122 valence electrons. The van der Waals surface area contributed by atoms with Gasteiger partial charge in [0.1, 0.15) is 11.9 Å². The number of hydrogen-bond donors (Lipinski definition) is 1. The van der Waals surface area contributed by atoms with Crippen molar-refractivity contribution in [2.75, 3.05) is 13.2 Å². The fraction of sp³-hybridized carbons (Fsp3) is 0.412. The van der Waals surface area contributed by atoms with Crippen LogP contribution in [0, 0.1) is 6.92 Å². The second-order valence-corrected chi connectivity index (χ2v) is 5.60. The number of benzene rings is 1. The van der Waals surface area contributed by atoms with Crippen molar-refractivity contribution in [1.82, 2.24) is 10.5 Å². The Bertz CT molecular complexity index is 641. The third kappa shape index (κ3) is 4.18. The molecule has 2 unspecified atom stereocenters. The smallest absolute Gasteiger partial charge is 0.273 e. The summed E-state index contributed by atoms with van der Waals surface area (Å²) in [5.41, 5.74) is 1.38. The molecule has 1 N–H and O–H groups in total. The summed E-state index contributed by atoms with van der Waals surface area (Å²) in [6.07, 6.45) is 0.531. The molecule has 0 radical (unpaired) electrons. The first-order valence-electron chi connectivity index (χ1n) is 7.70. The molecule has 3 rings (SSSR count). The molecule has 0 spiro atoms. The van der Waals surface area contributed by atoms with Crippen LogP contribution in [-0.4, -0.2) is 36.4 Å². The quantitative estimate of drug-likeness (QED) is 0.914. The number of aromatic nitrogens is 1. The van der Waals surface area contributed by atoms with Gasteiger partial charge in [0.15, 0.2) is 5.69 Å². The third-order valence-electron chi connectivity index (χ3n) is 3.79. The van der Waals surface area contributed by atoms with Crippen molar-refractivity contribution in [3.05, 3.63) is 53.4 Å². The first kappa shape index (κ1) is 15.7. The summed E-state index contributed by atoms with van der Waals surface area (Å²) >= 11 is 0. The van der Waals surface area contributed by atoms with E-state index in [4.69, 9.17) is 14.0 Å². The van der Waals surface area contributed by atoms with Gasteiger partial charge in [-0.2, -0.15) is 0 Å². The summed E-state index contributed by atoms with van der Waals surface area (Å²) in [5, 5.41) is 6.71. The Morgan fingerprint density at radius 1 is 1.39 bits per heavy atom. The minimum atomic E-state index is -0.248. The number of rotatable bonds is 5. The van der Waals surface area contributed by atoms with Crippen LogP contribution in [0.1, 0.15) is 28.2 Å². The zero-order chi connectivity index (χ0) is 16.1. The van der Waals surface area contributed by atoms with Crippen LogP contribution in [-0.2, 0) is 16.1 Å². The van der Waals surface area contributed by atoms with E-state index in [1.54, 1.807) is 13.0 Å². The maximum atomic E-state index is 12.2. The van der Waals surface area contributed by atoms with E-state index in [2.05, 4.69) is 10.5 Å². The zero-order valence-corrected chi connectivity index (χ0v) is 13.0. The number of hydrogen-bond acceptors (Lipinski definition) is 5. The first-order valence-corrected chi connectivity index (χ1v) is 7.70. The van der Waals surface area contributed by atoms with Gasteiger partial charge < -0.3 is 19.3 Å². The lowest BCUT2D eigenvalue weighted by molar-refractivity contribution is -0.0736. The highest BCUT2D eigenvalue weighted by atomic mass is 16.5. The number of aryl methyl sites for hydroxylation is 1. The molecule has 0 aliphatic carbocycles. The average molecular weight is 316 g/mol. The van der Waals surface area contributed by atoms with E-state index < -0.39 is 0 Å². The summed E-state index contributed by atoms with van der Waals surface area (Å²) in [4.78, 5) is 12.2. The molecule has 1 aliphatic heterocycles. The van der Waals surface area contributed by atoms with Crippen LogP contribution >= 0.6 is 0 Å². The van der Waals surface area contributed by atoms with Crippen molar-refractivity contribution < 1.29 is 18.8 Å². The fourth-order valence-electron chi connectivity index (χ4n) is 2.53. The Labute approximate surface area is 134 Å². The molecule has 0 bridgehead atoms. The van der Waals surface area contributed by atoms with Crippen LogP contribution < -0.4 is 5.32 Å². The van der Waals surface area contributed by atoms with E-state index in [1.807, 2.05) is 30.3 Å². The Morgan fingerprint density at radius 2 is 2.22 bits per heavy atom. The van der Waals surface area contributed by atoms with Crippen molar-refractivity contribution >= 4 is 5.91 Å². The maximum absolute atomic E-state index is 12.2. The number of nitrogens with zero attached hydrogens (tertiary/aromatic N) is 1. The van der Waals surface area contributed by atoms with Crippen LogP contribution in [0.3, 0.4) is 0 Å².